The van der Waals surface area contributed by atoms with Gasteiger partial charge in [0, 0.05) is 30.4 Å². The lowest BCUT2D eigenvalue weighted by molar-refractivity contribution is -0.119. The van der Waals surface area contributed by atoms with Crippen molar-refractivity contribution >= 4 is 29.2 Å². The largest absolute Gasteiger partial charge is 0.493 e. The van der Waals surface area contributed by atoms with Gasteiger partial charge in [-0.1, -0.05) is 36.4 Å². The third-order valence-corrected chi connectivity index (χ3v) is 8.20. The maximum absolute atomic E-state index is 13.3. The van der Waals surface area contributed by atoms with E-state index in [0.717, 1.165) is 52.1 Å². The molecule has 0 bridgehead atoms. The van der Waals surface area contributed by atoms with Crippen LogP contribution in [-0.2, 0) is 22.6 Å². The minimum Gasteiger partial charge on any atom is -0.493 e. The molecule has 0 saturated carbocycles. The Hall–Kier alpha value is -4.92. The molecule has 1 saturated heterocycles. The zero-order chi connectivity index (χ0) is 29.9. The quantitative estimate of drug-likeness (QED) is 0.212. The Morgan fingerprint density at radius 3 is 2.72 bits per heavy atom. The highest BCUT2D eigenvalue weighted by Gasteiger charge is 2.30. The van der Waals surface area contributed by atoms with Crippen molar-refractivity contribution in [1.29, 1.82) is 0 Å². The Morgan fingerprint density at radius 2 is 1.88 bits per heavy atom. The zero-order valence-electron chi connectivity index (χ0n) is 24.5. The fourth-order valence-corrected chi connectivity index (χ4v) is 5.83. The summed E-state index contributed by atoms with van der Waals surface area (Å²) in [7, 11) is 0. The summed E-state index contributed by atoms with van der Waals surface area (Å²) >= 11 is 0. The molecule has 0 unspecified atom stereocenters. The molecule has 2 aliphatic rings. The van der Waals surface area contributed by atoms with E-state index in [2.05, 4.69) is 36.4 Å². The minimum absolute atomic E-state index is 0.0120. The molecular weight excluding hydrogens is 542 g/mol. The molecule has 6 rings (SSSR count). The smallest absolute Gasteiger partial charge is 0.329 e. The first-order valence-electron chi connectivity index (χ1n) is 14.7. The second kappa shape index (κ2) is 12.1. The number of ether oxygens (including phenoxy) is 1. The molecule has 3 heterocycles. The standard InChI is InChI=1S/C34H35N5O4/c1-23-8-3-14-31(24(23)2)43-17-7-15-32(40)38-16-6-12-29-28(11-5-13-30(29)38)26-19-36-37(22-26)21-25-9-4-10-27(18-25)39-33(41)20-35-34(39)42/h3-5,8-11,13-14,18-19,22H,6-7,12,15-17,20-21H2,1-2H3,(H,35,42). The number of amides is 4. The maximum atomic E-state index is 13.3. The number of anilines is 2. The van der Waals surface area contributed by atoms with E-state index in [1.54, 1.807) is 6.07 Å². The van der Waals surface area contributed by atoms with Crippen molar-refractivity contribution in [2.75, 3.05) is 29.5 Å². The van der Waals surface area contributed by atoms with Crippen molar-refractivity contribution in [2.45, 2.75) is 46.1 Å². The van der Waals surface area contributed by atoms with E-state index in [9.17, 15) is 14.4 Å². The summed E-state index contributed by atoms with van der Waals surface area (Å²) in [6, 6.07) is 19.1. The summed E-state index contributed by atoms with van der Waals surface area (Å²) in [6.45, 7) is 5.83. The molecular formula is C34H35N5O4. The van der Waals surface area contributed by atoms with Gasteiger partial charge in [-0.2, -0.15) is 5.10 Å². The van der Waals surface area contributed by atoms with E-state index in [4.69, 9.17) is 4.74 Å². The third kappa shape index (κ3) is 5.88. The summed E-state index contributed by atoms with van der Waals surface area (Å²) in [5, 5.41) is 7.15. The van der Waals surface area contributed by atoms with Crippen molar-refractivity contribution in [3.63, 3.8) is 0 Å². The average molecular weight is 578 g/mol. The van der Waals surface area contributed by atoms with Crippen LogP contribution in [0.5, 0.6) is 5.75 Å². The number of imide groups is 1. The Kier molecular flexibility index (Phi) is 7.96. The molecule has 0 aliphatic carbocycles. The average Bonchev–Trinajstić information content (AvgIpc) is 3.61. The van der Waals surface area contributed by atoms with E-state index in [-0.39, 0.29) is 18.4 Å². The highest BCUT2D eigenvalue weighted by atomic mass is 16.5. The van der Waals surface area contributed by atoms with Crippen molar-refractivity contribution in [2.24, 2.45) is 0 Å². The van der Waals surface area contributed by atoms with Gasteiger partial charge in [0.2, 0.25) is 5.91 Å². The zero-order valence-corrected chi connectivity index (χ0v) is 24.5. The number of carbonyl (C=O) groups excluding carboxylic acids is 3. The van der Waals surface area contributed by atoms with Gasteiger partial charge in [-0.3, -0.25) is 14.3 Å². The van der Waals surface area contributed by atoms with Crippen molar-refractivity contribution < 1.29 is 19.1 Å². The molecule has 0 radical (unpaired) electrons. The first kappa shape index (κ1) is 28.2. The van der Waals surface area contributed by atoms with Crippen LogP contribution < -0.4 is 19.9 Å². The number of nitrogens with one attached hydrogen (secondary N) is 1. The summed E-state index contributed by atoms with van der Waals surface area (Å²) in [5.74, 6) is 0.724. The number of fused-ring (bicyclic) bond motifs is 1. The van der Waals surface area contributed by atoms with Gasteiger partial charge < -0.3 is 15.0 Å². The molecule has 43 heavy (non-hydrogen) atoms. The fourth-order valence-electron chi connectivity index (χ4n) is 5.83. The van der Waals surface area contributed by atoms with Crippen LogP contribution in [0.4, 0.5) is 16.2 Å². The van der Waals surface area contributed by atoms with Crippen LogP contribution in [0.1, 0.15) is 41.5 Å². The minimum atomic E-state index is -0.407. The molecule has 9 heteroatoms. The van der Waals surface area contributed by atoms with Gasteiger partial charge in [-0.25, -0.2) is 9.69 Å². The maximum Gasteiger partial charge on any atom is 0.329 e. The molecule has 3 aromatic carbocycles. The number of urea groups is 1. The van der Waals surface area contributed by atoms with Crippen LogP contribution >= 0.6 is 0 Å². The van der Waals surface area contributed by atoms with Crippen LogP contribution in [0.2, 0.25) is 0 Å². The molecule has 1 N–H and O–H groups in total. The molecule has 9 nitrogen and oxygen atoms in total. The second-order valence-corrected chi connectivity index (χ2v) is 11.1. The number of rotatable bonds is 9. The SMILES string of the molecule is Cc1cccc(OCCCC(=O)N2CCCc3c(-c4cnn(Cc5cccc(N6C(=O)CNC6=O)c5)c4)cccc32)c1C. The Morgan fingerprint density at radius 1 is 1.05 bits per heavy atom. The topological polar surface area (TPSA) is 96.8 Å². The van der Waals surface area contributed by atoms with Crippen molar-refractivity contribution in [3.8, 4) is 16.9 Å². The molecule has 2 aliphatic heterocycles. The molecule has 4 amide bonds. The Labute approximate surface area is 251 Å². The highest BCUT2D eigenvalue weighted by Crippen LogP contribution is 2.36. The van der Waals surface area contributed by atoms with E-state index in [1.165, 1.54) is 10.5 Å². The van der Waals surface area contributed by atoms with E-state index < -0.39 is 6.03 Å². The first-order valence-corrected chi connectivity index (χ1v) is 14.7. The lowest BCUT2D eigenvalue weighted by atomic mass is 9.93. The molecule has 4 aromatic rings. The molecule has 0 atom stereocenters. The number of hydrogen-bond donors (Lipinski definition) is 1. The van der Waals surface area contributed by atoms with Gasteiger partial charge in [-0.05, 0) is 85.2 Å². The second-order valence-electron chi connectivity index (χ2n) is 11.1. The molecule has 1 fully saturated rings. The van der Waals surface area contributed by atoms with Gasteiger partial charge >= 0.3 is 6.03 Å². The number of benzene rings is 3. The normalized spacial score (nSPS) is 14.6. The summed E-state index contributed by atoms with van der Waals surface area (Å²) in [4.78, 5) is 40.6. The van der Waals surface area contributed by atoms with Crippen molar-refractivity contribution in [3.05, 3.63) is 95.3 Å². The Balaban J connectivity index is 1.13. The first-order chi connectivity index (χ1) is 20.9. The summed E-state index contributed by atoms with van der Waals surface area (Å²) in [6.07, 6.45) is 6.73. The van der Waals surface area contributed by atoms with Gasteiger partial charge in [0.15, 0.2) is 0 Å². The van der Waals surface area contributed by atoms with E-state index in [1.807, 2.05) is 64.4 Å². The van der Waals surface area contributed by atoms with Crippen LogP contribution in [0, 0.1) is 13.8 Å². The third-order valence-electron chi connectivity index (χ3n) is 8.20. The fraction of sp³-hybridized carbons (Fsp3) is 0.294. The summed E-state index contributed by atoms with van der Waals surface area (Å²) in [5.41, 5.74) is 7.99. The monoisotopic (exact) mass is 577 g/mol. The predicted molar refractivity (Wildman–Crippen MR) is 165 cm³/mol. The predicted octanol–water partition coefficient (Wildman–Crippen LogP) is 5.41. The lowest BCUT2D eigenvalue weighted by Gasteiger charge is -2.31. The van der Waals surface area contributed by atoms with Crippen LogP contribution in [0.3, 0.4) is 0 Å². The number of carbonyl (C=O) groups is 3. The lowest BCUT2D eigenvalue weighted by Crippen LogP contribution is -2.35. The van der Waals surface area contributed by atoms with Crippen molar-refractivity contribution in [1.82, 2.24) is 15.1 Å². The molecule has 1 aromatic heterocycles. The summed E-state index contributed by atoms with van der Waals surface area (Å²) < 4.78 is 7.82. The molecule has 220 valence electrons. The number of hydrogen-bond acceptors (Lipinski definition) is 5. The highest BCUT2D eigenvalue weighted by molar-refractivity contribution is 6.19. The van der Waals surface area contributed by atoms with Gasteiger partial charge in [0.25, 0.3) is 5.91 Å². The number of nitrogens with zero attached hydrogens (tertiary/aromatic N) is 4. The number of aromatic nitrogens is 2. The van der Waals surface area contributed by atoms with Gasteiger partial charge in [0.05, 0.1) is 31.6 Å². The number of aryl methyl sites for hydroxylation is 1. The Bertz CT molecular complexity index is 1680. The van der Waals surface area contributed by atoms with Crippen LogP contribution in [0.15, 0.2) is 73.1 Å². The van der Waals surface area contributed by atoms with Gasteiger partial charge in [0.1, 0.15) is 5.75 Å². The van der Waals surface area contributed by atoms with Gasteiger partial charge in [-0.15, -0.1) is 0 Å². The van der Waals surface area contributed by atoms with Crippen LogP contribution in [-0.4, -0.2) is 47.3 Å². The van der Waals surface area contributed by atoms with Crippen LogP contribution in [0.25, 0.3) is 11.1 Å². The molecule has 0 spiro atoms. The van der Waals surface area contributed by atoms with E-state index in [0.29, 0.717) is 38.2 Å². The van der Waals surface area contributed by atoms with E-state index >= 15 is 0 Å².